The molecule has 2 aromatic carbocycles. The highest BCUT2D eigenvalue weighted by Crippen LogP contribution is 2.40. The second-order valence-electron chi connectivity index (χ2n) is 7.72. The van der Waals surface area contributed by atoms with Crippen molar-refractivity contribution in [2.24, 2.45) is 5.73 Å². The number of rotatable bonds is 4. The largest absolute Gasteiger partial charge is 0.316 e. The minimum absolute atomic E-state index is 0.0605. The number of nitrogens with one attached hydrogen (secondary N) is 1. The molecule has 0 aliphatic heterocycles. The number of hydrogen-bond acceptors (Lipinski definition) is 5. The van der Waals surface area contributed by atoms with Crippen molar-refractivity contribution in [1.82, 2.24) is 20.2 Å². The second-order valence-corrected chi connectivity index (χ2v) is 8.80. The summed E-state index contributed by atoms with van der Waals surface area (Å²) in [6, 6.07) is 16.0. The number of fused-ring (bicyclic) bond motifs is 1. The average molecular weight is 390 g/mol. The molecule has 1 unspecified atom stereocenters. The first-order valence-corrected chi connectivity index (χ1v) is 10.0. The Balaban J connectivity index is 1.81. The topological polar surface area (TPSA) is 80.5 Å². The Morgan fingerprint density at radius 3 is 2.39 bits per heavy atom. The van der Waals surface area contributed by atoms with Gasteiger partial charge in [0.1, 0.15) is 6.04 Å². The molecule has 3 N–H and O–H groups in total. The van der Waals surface area contributed by atoms with Crippen molar-refractivity contribution in [1.29, 1.82) is 0 Å². The standard InChI is InChI=1S/C22H23N5S/c1-22(2,3)14-8-4-5-10-16(14)28-17-11-6-9-15-18(17)20(27-26-15)19(23)21-24-12-7-13-25-21/h4-13,19H,23H2,1-3H3,(H,26,27). The maximum atomic E-state index is 6.48. The Kier molecular flexibility index (Phi) is 4.91. The zero-order valence-corrected chi connectivity index (χ0v) is 17.0. The minimum Gasteiger partial charge on any atom is -0.316 e. The summed E-state index contributed by atoms with van der Waals surface area (Å²) in [4.78, 5) is 11.0. The molecule has 0 aliphatic carbocycles. The van der Waals surface area contributed by atoms with Crippen molar-refractivity contribution < 1.29 is 0 Å². The fraction of sp³-hybridized carbons (Fsp3) is 0.227. The highest BCUT2D eigenvalue weighted by Gasteiger charge is 2.22. The molecule has 2 heterocycles. The third-order valence-corrected chi connectivity index (χ3v) is 5.80. The van der Waals surface area contributed by atoms with Crippen molar-refractivity contribution in [2.45, 2.75) is 42.0 Å². The lowest BCUT2D eigenvalue weighted by atomic mass is 9.87. The van der Waals surface area contributed by atoms with Gasteiger partial charge in [-0.05, 0) is 35.2 Å². The molecule has 0 aliphatic rings. The summed E-state index contributed by atoms with van der Waals surface area (Å²) in [5.74, 6) is 0.572. The fourth-order valence-corrected chi connectivity index (χ4v) is 4.59. The van der Waals surface area contributed by atoms with Crippen LogP contribution in [-0.4, -0.2) is 20.2 Å². The van der Waals surface area contributed by atoms with Crippen LogP contribution >= 0.6 is 11.8 Å². The van der Waals surface area contributed by atoms with Crippen LogP contribution in [0.1, 0.15) is 43.9 Å². The third kappa shape index (κ3) is 3.53. The van der Waals surface area contributed by atoms with Gasteiger partial charge in [-0.2, -0.15) is 5.10 Å². The summed E-state index contributed by atoms with van der Waals surface area (Å²) in [5.41, 5.74) is 9.58. The summed E-state index contributed by atoms with van der Waals surface area (Å²) < 4.78 is 0. The molecule has 0 spiro atoms. The zero-order chi connectivity index (χ0) is 19.7. The number of aromatic amines is 1. The van der Waals surface area contributed by atoms with Crippen LogP contribution in [0.2, 0.25) is 0 Å². The molecule has 28 heavy (non-hydrogen) atoms. The maximum absolute atomic E-state index is 6.48. The van der Waals surface area contributed by atoms with E-state index < -0.39 is 6.04 Å². The van der Waals surface area contributed by atoms with E-state index in [4.69, 9.17) is 5.73 Å². The van der Waals surface area contributed by atoms with Gasteiger partial charge < -0.3 is 5.73 Å². The first-order chi connectivity index (χ1) is 13.4. The summed E-state index contributed by atoms with van der Waals surface area (Å²) in [7, 11) is 0. The minimum atomic E-state index is -0.467. The summed E-state index contributed by atoms with van der Waals surface area (Å²) in [5, 5.41) is 8.60. The van der Waals surface area contributed by atoms with Gasteiger partial charge in [-0.3, -0.25) is 5.10 Å². The van der Waals surface area contributed by atoms with Crippen molar-refractivity contribution in [3.63, 3.8) is 0 Å². The van der Waals surface area contributed by atoms with E-state index in [9.17, 15) is 0 Å². The first-order valence-electron chi connectivity index (χ1n) is 9.22. The molecule has 0 saturated carbocycles. The van der Waals surface area contributed by atoms with E-state index in [0.717, 1.165) is 21.5 Å². The molecule has 0 saturated heterocycles. The van der Waals surface area contributed by atoms with E-state index in [1.165, 1.54) is 10.5 Å². The number of nitrogens with zero attached hydrogens (tertiary/aromatic N) is 3. The average Bonchev–Trinajstić information content (AvgIpc) is 3.13. The highest BCUT2D eigenvalue weighted by atomic mass is 32.2. The Labute approximate surface area is 168 Å². The van der Waals surface area contributed by atoms with Gasteiger partial charge in [0.15, 0.2) is 5.82 Å². The molecule has 6 heteroatoms. The lowest BCUT2D eigenvalue weighted by molar-refractivity contribution is 0.578. The molecule has 2 aromatic heterocycles. The monoisotopic (exact) mass is 389 g/mol. The second kappa shape index (κ2) is 7.37. The van der Waals surface area contributed by atoms with Gasteiger partial charge >= 0.3 is 0 Å². The Bertz CT molecular complexity index is 1100. The van der Waals surface area contributed by atoms with Crippen LogP contribution in [0.4, 0.5) is 0 Å². The number of aromatic nitrogens is 4. The molecule has 5 nitrogen and oxygen atoms in total. The highest BCUT2D eigenvalue weighted by molar-refractivity contribution is 7.99. The van der Waals surface area contributed by atoms with E-state index in [1.54, 1.807) is 30.2 Å². The maximum Gasteiger partial charge on any atom is 0.150 e. The van der Waals surface area contributed by atoms with E-state index in [2.05, 4.69) is 71.3 Å². The van der Waals surface area contributed by atoms with E-state index in [1.807, 2.05) is 12.1 Å². The summed E-state index contributed by atoms with van der Waals surface area (Å²) in [6.45, 7) is 6.71. The van der Waals surface area contributed by atoms with Crippen LogP contribution in [0, 0.1) is 0 Å². The molecular formula is C22H23N5S. The number of nitrogens with two attached hydrogens (primary N) is 1. The molecule has 0 fully saturated rings. The third-order valence-electron chi connectivity index (χ3n) is 4.66. The van der Waals surface area contributed by atoms with Crippen molar-refractivity contribution in [3.8, 4) is 0 Å². The fourth-order valence-electron chi connectivity index (χ4n) is 3.26. The van der Waals surface area contributed by atoms with Gasteiger partial charge in [-0.15, -0.1) is 0 Å². The van der Waals surface area contributed by atoms with E-state index >= 15 is 0 Å². The molecule has 1 atom stereocenters. The summed E-state index contributed by atoms with van der Waals surface area (Å²) in [6.07, 6.45) is 3.41. The smallest absolute Gasteiger partial charge is 0.150 e. The molecule has 4 rings (SSSR count). The Hall–Kier alpha value is -2.70. The van der Waals surface area contributed by atoms with Crippen LogP contribution < -0.4 is 5.73 Å². The van der Waals surface area contributed by atoms with Crippen molar-refractivity contribution >= 4 is 22.7 Å². The van der Waals surface area contributed by atoms with Crippen molar-refractivity contribution in [2.75, 3.05) is 0 Å². The van der Waals surface area contributed by atoms with Gasteiger partial charge in [0.05, 0.1) is 11.2 Å². The van der Waals surface area contributed by atoms with Crippen molar-refractivity contribution in [3.05, 3.63) is 78.0 Å². The lowest BCUT2D eigenvalue weighted by Gasteiger charge is -2.22. The number of H-pyrrole nitrogens is 1. The molecule has 4 aromatic rings. The predicted molar refractivity (Wildman–Crippen MR) is 113 cm³/mol. The van der Waals surface area contributed by atoms with Gasteiger partial charge in [-0.1, -0.05) is 56.8 Å². The zero-order valence-electron chi connectivity index (χ0n) is 16.2. The van der Waals surface area contributed by atoms with Crippen LogP contribution in [-0.2, 0) is 5.41 Å². The van der Waals surface area contributed by atoms with Gasteiger partial charge in [0, 0.05) is 27.6 Å². The summed E-state index contributed by atoms with van der Waals surface area (Å²) >= 11 is 1.75. The number of benzene rings is 2. The Morgan fingerprint density at radius 1 is 0.929 bits per heavy atom. The SMILES string of the molecule is CC(C)(C)c1ccccc1Sc1cccc2n[nH]c(C(N)c3ncccn3)c12. The normalized spacial score (nSPS) is 13.0. The molecule has 0 amide bonds. The number of hydrogen-bond donors (Lipinski definition) is 2. The quantitative estimate of drug-likeness (QED) is 0.521. The van der Waals surface area contributed by atoms with Crippen LogP contribution in [0.3, 0.4) is 0 Å². The predicted octanol–water partition coefficient (Wildman–Crippen LogP) is 4.85. The van der Waals surface area contributed by atoms with Gasteiger partial charge in [-0.25, -0.2) is 9.97 Å². The van der Waals surface area contributed by atoms with Crippen LogP contribution in [0.15, 0.2) is 70.7 Å². The molecule has 0 radical (unpaired) electrons. The Morgan fingerprint density at radius 2 is 1.64 bits per heavy atom. The van der Waals surface area contributed by atoms with Crippen LogP contribution in [0.25, 0.3) is 10.9 Å². The molecule has 142 valence electrons. The van der Waals surface area contributed by atoms with Crippen LogP contribution in [0.5, 0.6) is 0 Å². The van der Waals surface area contributed by atoms with Gasteiger partial charge in [0.2, 0.25) is 0 Å². The lowest BCUT2D eigenvalue weighted by Crippen LogP contribution is -2.16. The first kappa shape index (κ1) is 18.7. The molecular weight excluding hydrogens is 366 g/mol. The van der Waals surface area contributed by atoms with E-state index in [0.29, 0.717) is 5.82 Å². The molecule has 0 bridgehead atoms. The van der Waals surface area contributed by atoms with E-state index in [-0.39, 0.29) is 5.41 Å². The van der Waals surface area contributed by atoms with Gasteiger partial charge in [0.25, 0.3) is 0 Å².